The first-order valence-corrected chi connectivity index (χ1v) is 12.2. The van der Waals surface area contributed by atoms with Gasteiger partial charge in [0.1, 0.15) is 32.9 Å². The Morgan fingerprint density at radius 1 is 1.16 bits per heavy atom. The molecule has 0 saturated heterocycles. The van der Waals surface area contributed by atoms with Gasteiger partial charge in [-0.25, -0.2) is 14.2 Å². The lowest BCUT2D eigenvalue weighted by Gasteiger charge is -2.14. The molecule has 1 N–H and O–H groups in total. The largest absolute Gasteiger partial charge is 0.462 e. The first kappa shape index (κ1) is 27.6. The average Bonchev–Trinajstić information content (AvgIpc) is 3.16. The summed E-state index contributed by atoms with van der Waals surface area (Å²) in [4.78, 5) is 29.0. The fourth-order valence-electron chi connectivity index (χ4n) is 3.15. The number of alkyl halides is 3. The molecule has 37 heavy (non-hydrogen) atoms. The number of nitrogens with zero attached hydrogens (tertiary/aromatic N) is 3. The molecule has 190 valence electrons. The Bertz CT molecular complexity index is 1440. The molecule has 2 aromatic heterocycles. The Morgan fingerprint density at radius 2 is 1.81 bits per heavy atom. The van der Waals surface area contributed by atoms with Crippen molar-refractivity contribution < 1.29 is 31.9 Å². The van der Waals surface area contributed by atoms with Crippen LogP contribution in [0.1, 0.15) is 38.8 Å². The van der Waals surface area contributed by atoms with E-state index in [4.69, 9.17) is 4.74 Å². The molecule has 0 aliphatic heterocycles. The monoisotopic (exact) mass is 548 g/mol. The van der Waals surface area contributed by atoms with Crippen LogP contribution in [0.25, 0.3) is 11.3 Å². The molecule has 0 atom stereocenters. The Labute approximate surface area is 216 Å². The molecule has 0 aliphatic rings. The van der Waals surface area contributed by atoms with Gasteiger partial charge in [0.25, 0.3) is 0 Å². The van der Waals surface area contributed by atoms with E-state index in [2.05, 4.69) is 10.3 Å². The minimum absolute atomic E-state index is 0.0555. The highest BCUT2D eigenvalue weighted by Crippen LogP contribution is 2.38. The van der Waals surface area contributed by atoms with E-state index in [-0.39, 0.29) is 38.3 Å². The zero-order valence-corrected chi connectivity index (χ0v) is 20.8. The molecule has 0 saturated carbocycles. The third kappa shape index (κ3) is 6.25. The Hall–Kier alpha value is -3.94. The van der Waals surface area contributed by atoms with E-state index in [0.717, 1.165) is 23.5 Å². The summed E-state index contributed by atoms with van der Waals surface area (Å²) >= 11 is 1.43. The van der Waals surface area contributed by atoms with Gasteiger partial charge in [-0.1, -0.05) is 11.8 Å². The van der Waals surface area contributed by atoms with Crippen molar-refractivity contribution in [2.24, 2.45) is 0 Å². The summed E-state index contributed by atoms with van der Waals surface area (Å²) in [6.07, 6.45) is -4.89. The van der Waals surface area contributed by atoms with Crippen LogP contribution in [0.5, 0.6) is 0 Å². The molecule has 3 rings (SSSR count). The number of ether oxygens (including phenoxy) is 1. The van der Waals surface area contributed by atoms with Crippen LogP contribution in [0.3, 0.4) is 0 Å². The number of nitrogens with one attached hydrogen (secondary N) is 1. The van der Waals surface area contributed by atoms with E-state index in [1.165, 1.54) is 25.1 Å². The minimum Gasteiger partial charge on any atom is -0.462 e. The Kier molecular flexibility index (Phi) is 8.53. The molecule has 13 heteroatoms. The van der Waals surface area contributed by atoms with Crippen molar-refractivity contribution in [3.63, 3.8) is 0 Å². The smallest absolute Gasteiger partial charge is 0.417 e. The van der Waals surface area contributed by atoms with Crippen molar-refractivity contribution in [1.82, 2.24) is 4.98 Å². The lowest BCUT2D eigenvalue weighted by Crippen LogP contribution is -2.15. The molecule has 7 nitrogen and oxygen atoms in total. The van der Waals surface area contributed by atoms with Crippen molar-refractivity contribution in [3.05, 3.63) is 63.3 Å². The molecule has 1 amide bonds. The molecule has 0 spiro atoms. The van der Waals surface area contributed by atoms with E-state index >= 15 is 0 Å². The topological polar surface area (TPSA) is 116 Å². The SMILES string of the molecule is CCOC(=O)c1sc(NC(=O)CSc2nc(-c3ccc(F)cc3)cc(C(F)(F)F)c2C#N)c(C#N)c1C. The second-order valence-corrected chi connectivity index (χ2v) is 9.27. The van der Waals surface area contributed by atoms with Gasteiger partial charge >= 0.3 is 12.1 Å². The van der Waals surface area contributed by atoms with Crippen LogP contribution in [0.2, 0.25) is 0 Å². The van der Waals surface area contributed by atoms with E-state index in [0.29, 0.717) is 23.4 Å². The Morgan fingerprint density at radius 3 is 2.38 bits per heavy atom. The quantitative estimate of drug-likeness (QED) is 0.221. The Balaban J connectivity index is 1.91. The number of carbonyl (C=O) groups is 2. The summed E-state index contributed by atoms with van der Waals surface area (Å²) in [5.41, 5.74) is -1.60. The van der Waals surface area contributed by atoms with Crippen LogP contribution in [0, 0.1) is 35.4 Å². The van der Waals surface area contributed by atoms with Crippen molar-refractivity contribution in [2.75, 3.05) is 17.7 Å². The van der Waals surface area contributed by atoms with Crippen LogP contribution in [-0.4, -0.2) is 29.2 Å². The summed E-state index contributed by atoms with van der Waals surface area (Å²) in [6.45, 7) is 3.25. The highest BCUT2D eigenvalue weighted by molar-refractivity contribution is 8.00. The molecule has 3 aromatic rings. The van der Waals surface area contributed by atoms with Gasteiger partial charge in [-0.05, 0) is 49.7 Å². The van der Waals surface area contributed by atoms with Gasteiger partial charge in [0, 0.05) is 5.56 Å². The number of thiophene rings is 1. The van der Waals surface area contributed by atoms with Crippen molar-refractivity contribution in [1.29, 1.82) is 10.5 Å². The predicted molar refractivity (Wildman–Crippen MR) is 128 cm³/mol. The minimum atomic E-state index is -4.89. The second kappa shape index (κ2) is 11.4. The van der Waals surface area contributed by atoms with Gasteiger partial charge in [0.2, 0.25) is 5.91 Å². The number of pyridine rings is 1. The van der Waals surface area contributed by atoms with E-state index in [1.807, 2.05) is 6.07 Å². The first-order valence-electron chi connectivity index (χ1n) is 10.4. The highest BCUT2D eigenvalue weighted by Gasteiger charge is 2.36. The van der Waals surface area contributed by atoms with Crippen molar-refractivity contribution in [3.8, 4) is 23.4 Å². The third-order valence-corrected chi connectivity index (χ3v) is 7.02. The van der Waals surface area contributed by atoms with Crippen molar-refractivity contribution in [2.45, 2.75) is 25.0 Å². The number of amides is 1. The number of esters is 1. The maximum atomic E-state index is 13.7. The maximum absolute atomic E-state index is 13.7. The van der Waals surface area contributed by atoms with Crippen molar-refractivity contribution >= 4 is 40.0 Å². The normalized spacial score (nSPS) is 10.9. The predicted octanol–water partition coefficient (Wildman–Crippen LogP) is 5.93. The number of rotatable bonds is 7. The molecule has 0 unspecified atom stereocenters. The molecule has 0 fully saturated rings. The number of halogens is 4. The van der Waals surface area contributed by atoms with E-state index in [9.17, 15) is 37.7 Å². The lowest BCUT2D eigenvalue weighted by molar-refractivity contribution is -0.138. The number of carbonyl (C=O) groups excluding carboxylic acids is 2. The molecule has 2 heterocycles. The van der Waals surface area contributed by atoms with E-state index < -0.39 is 40.7 Å². The van der Waals surface area contributed by atoms with Crippen LogP contribution < -0.4 is 5.32 Å². The van der Waals surface area contributed by atoms with Gasteiger partial charge in [0.15, 0.2) is 0 Å². The van der Waals surface area contributed by atoms with Gasteiger partial charge in [-0.2, -0.15) is 23.7 Å². The molecular weight excluding hydrogens is 532 g/mol. The van der Waals surface area contributed by atoms with Gasteiger partial charge in [0.05, 0.1) is 34.7 Å². The van der Waals surface area contributed by atoms with E-state index in [1.54, 1.807) is 6.92 Å². The summed E-state index contributed by atoms with van der Waals surface area (Å²) in [6, 6.07) is 8.71. The maximum Gasteiger partial charge on any atom is 0.417 e. The number of hydrogen-bond donors (Lipinski definition) is 1. The average molecular weight is 549 g/mol. The highest BCUT2D eigenvalue weighted by atomic mass is 32.2. The third-order valence-electron chi connectivity index (χ3n) is 4.86. The lowest BCUT2D eigenvalue weighted by atomic mass is 10.1. The van der Waals surface area contributed by atoms with Gasteiger partial charge in [-0.15, -0.1) is 11.3 Å². The zero-order valence-electron chi connectivity index (χ0n) is 19.2. The van der Waals surface area contributed by atoms with Gasteiger partial charge in [-0.3, -0.25) is 4.79 Å². The standard InChI is InChI=1S/C24H16F4N4O3S2/c1-3-35-23(34)20-12(2)15(9-29)22(37-20)32-19(33)11-36-21-16(10-30)17(24(26,27)28)8-18(31-21)13-4-6-14(25)7-5-13/h4-8H,3,11H2,1-2H3,(H,32,33). The first-order chi connectivity index (χ1) is 17.5. The molecular formula is C24H16F4N4O3S2. The number of aromatic nitrogens is 1. The number of nitriles is 2. The fraction of sp³-hybridized carbons (Fsp3) is 0.208. The number of hydrogen-bond acceptors (Lipinski definition) is 8. The summed E-state index contributed by atoms with van der Waals surface area (Å²) in [7, 11) is 0. The fourth-order valence-corrected chi connectivity index (χ4v) is 5.02. The van der Waals surface area contributed by atoms with Crippen LogP contribution >= 0.6 is 23.1 Å². The zero-order chi connectivity index (χ0) is 27.3. The number of anilines is 1. The van der Waals surface area contributed by atoms with Gasteiger partial charge < -0.3 is 10.1 Å². The van der Waals surface area contributed by atoms with Crippen LogP contribution in [0.15, 0.2) is 35.4 Å². The number of thioether (sulfide) groups is 1. The summed E-state index contributed by atoms with van der Waals surface area (Å²) < 4.78 is 59.4. The molecule has 0 radical (unpaired) electrons. The molecule has 0 bridgehead atoms. The van der Waals surface area contributed by atoms with Crippen LogP contribution in [-0.2, 0) is 15.7 Å². The summed E-state index contributed by atoms with van der Waals surface area (Å²) in [5, 5.41) is 21.1. The molecule has 1 aromatic carbocycles. The number of benzene rings is 1. The second-order valence-electron chi connectivity index (χ2n) is 7.28. The van der Waals surface area contributed by atoms with Crippen LogP contribution in [0.4, 0.5) is 22.6 Å². The molecule has 0 aliphatic carbocycles. The summed E-state index contributed by atoms with van der Waals surface area (Å²) in [5.74, 6) is -2.41.